The fourth-order valence-electron chi connectivity index (χ4n) is 6.68. The number of amides is 1. The van der Waals surface area contributed by atoms with E-state index < -0.39 is 5.60 Å². The van der Waals surface area contributed by atoms with Crippen molar-refractivity contribution in [3.8, 4) is 16.9 Å². The van der Waals surface area contributed by atoms with E-state index in [1.807, 2.05) is 72.9 Å². The molecule has 6 nitrogen and oxygen atoms in total. The minimum absolute atomic E-state index is 0.0488. The normalized spacial score (nSPS) is 12.4. The van der Waals surface area contributed by atoms with Crippen molar-refractivity contribution in [2.75, 3.05) is 26.9 Å². The second-order valence-electron chi connectivity index (χ2n) is 12.5. The first-order chi connectivity index (χ1) is 24.5. The van der Waals surface area contributed by atoms with Gasteiger partial charge in [0.2, 0.25) is 5.91 Å². The second kappa shape index (κ2) is 16.4. The van der Waals surface area contributed by atoms with E-state index in [0.29, 0.717) is 19.6 Å². The number of fused-ring (bicyclic) bond motifs is 1. The molecule has 0 saturated carbocycles. The van der Waals surface area contributed by atoms with Gasteiger partial charge in [0.15, 0.2) is 0 Å². The Bertz CT molecular complexity index is 2000. The number of aromatic nitrogens is 1. The zero-order chi connectivity index (χ0) is 34.8. The lowest BCUT2D eigenvalue weighted by Gasteiger charge is -2.36. The van der Waals surface area contributed by atoms with Crippen molar-refractivity contribution in [1.29, 1.82) is 0 Å². The van der Waals surface area contributed by atoms with Gasteiger partial charge in [-0.15, -0.1) is 0 Å². The van der Waals surface area contributed by atoms with Crippen LogP contribution in [-0.2, 0) is 28.0 Å². The molecule has 1 amide bonds. The summed E-state index contributed by atoms with van der Waals surface area (Å²) >= 11 is 0. The van der Waals surface area contributed by atoms with Crippen LogP contribution in [0.1, 0.15) is 46.2 Å². The van der Waals surface area contributed by atoms with Crippen LogP contribution in [0.15, 0.2) is 134 Å². The van der Waals surface area contributed by atoms with E-state index in [9.17, 15) is 9.90 Å². The molecule has 6 rings (SSSR count). The van der Waals surface area contributed by atoms with Crippen molar-refractivity contribution in [3.63, 3.8) is 0 Å². The number of methoxy groups -OCH3 is 1. The fraction of sp³-hybridized carbons (Fsp3) is 0.227. The number of hydrogen-bond acceptors (Lipinski definition) is 5. The van der Waals surface area contributed by atoms with Crippen molar-refractivity contribution in [2.45, 2.75) is 38.2 Å². The summed E-state index contributed by atoms with van der Waals surface area (Å²) in [5, 5.41) is 13.7. The quantitative estimate of drug-likeness (QED) is 0.0855. The number of aliphatic hydroxyl groups is 1. The molecule has 0 fully saturated rings. The summed E-state index contributed by atoms with van der Waals surface area (Å²) in [4.78, 5) is 18.1. The Labute approximate surface area is 294 Å². The van der Waals surface area contributed by atoms with Gasteiger partial charge in [-0.2, -0.15) is 0 Å². The van der Waals surface area contributed by atoms with Crippen LogP contribution in [0.3, 0.4) is 0 Å². The van der Waals surface area contributed by atoms with E-state index in [0.717, 1.165) is 68.4 Å². The Kier molecular flexibility index (Phi) is 11.3. The highest BCUT2D eigenvalue weighted by Gasteiger charge is 2.37. The van der Waals surface area contributed by atoms with Gasteiger partial charge < -0.3 is 19.9 Å². The third-order valence-electron chi connectivity index (χ3n) is 9.20. The van der Waals surface area contributed by atoms with Gasteiger partial charge in [-0.05, 0) is 77.3 Å². The van der Waals surface area contributed by atoms with Crippen LogP contribution in [0, 0.1) is 6.92 Å². The molecule has 50 heavy (non-hydrogen) atoms. The predicted molar refractivity (Wildman–Crippen MR) is 200 cm³/mol. The topological polar surface area (TPSA) is 80.7 Å². The van der Waals surface area contributed by atoms with Gasteiger partial charge in [0.25, 0.3) is 0 Å². The highest BCUT2D eigenvalue weighted by molar-refractivity contribution is 5.99. The molecule has 6 aromatic rings. The van der Waals surface area contributed by atoms with Crippen LogP contribution in [0.4, 0.5) is 0 Å². The lowest BCUT2D eigenvalue weighted by molar-refractivity contribution is -0.120. The van der Waals surface area contributed by atoms with E-state index >= 15 is 0 Å². The van der Waals surface area contributed by atoms with Crippen LogP contribution in [0.2, 0.25) is 0 Å². The van der Waals surface area contributed by atoms with E-state index in [1.54, 1.807) is 7.11 Å². The Balaban J connectivity index is 1.15. The highest BCUT2D eigenvalue weighted by Crippen LogP contribution is 2.41. The number of aliphatic hydroxyl groups excluding tert-OH is 1. The van der Waals surface area contributed by atoms with Crippen LogP contribution in [0.5, 0.6) is 5.75 Å². The average molecular weight is 665 g/mol. The SMILES string of the molecule is COc1ccc(C(OCCCCNC(=O)Cc2cnc3c(CCO)cccc3c2-c2ccccc2)(c2ccccc2)c2ccc(C)cc2)cc1. The zero-order valence-electron chi connectivity index (χ0n) is 28.8. The molecule has 1 atom stereocenters. The first-order valence-corrected chi connectivity index (χ1v) is 17.3. The van der Waals surface area contributed by atoms with Gasteiger partial charge in [0.05, 0.1) is 19.0 Å². The van der Waals surface area contributed by atoms with Gasteiger partial charge in [0, 0.05) is 31.3 Å². The molecular weight excluding hydrogens is 620 g/mol. The monoisotopic (exact) mass is 664 g/mol. The summed E-state index contributed by atoms with van der Waals surface area (Å²) in [5.74, 6) is 0.740. The van der Waals surface area contributed by atoms with Crippen molar-refractivity contribution in [3.05, 3.63) is 167 Å². The second-order valence-corrected chi connectivity index (χ2v) is 12.5. The summed E-state index contributed by atoms with van der Waals surface area (Å²) in [6, 6.07) is 43.1. The molecule has 5 aromatic carbocycles. The number of hydrogen-bond donors (Lipinski definition) is 2. The number of carbonyl (C=O) groups is 1. The van der Waals surface area contributed by atoms with Gasteiger partial charge in [-0.25, -0.2) is 0 Å². The molecule has 1 unspecified atom stereocenters. The van der Waals surface area contributed by atoms with Gasteiger partial charge in [-0.3, -0.25) is 9.78 Å². The third kappa shape index (κ3) is 7.62. The molecule has 0 aliphatic heterocycles. The number of ether oxygens (including phenoxy) is 2. The molecule has 0 bridgehead atoms. The summed E-state index contributed by atoms with van der Waals surface area (Å²) in [5.41, 5.74) is 8.24. The molecular formula is C44H44N2O4. The first kappa shape index (κ1) is 34.6. The largest absolute Gasteiger partial charge is 0.497 e. The molecule has 0 spiro atoms. The Morgan fingerprint density at radius 2 is 1.42 bits per heavy atom. The molecule has 1 heterocycles. The van der Waals surface area contributed by atoms with E-state index in [4.69, 9.17) is 14.5 Å². The number of rotatable bonds is 15. The number of unbranched alkanes of at least 4 members (excludes halogenated alkanes) is 1. The first-order valence-electron chi connectivity index (χ1n) is 17.3. The average Bonchev–Trinajstić information content (AvgIpc) is 3.16. The molecule has 0 aliphatic carbocycles. The lowest BCUT2D eigenvalue weighted by Crippen LogP contribution is -2.33. The smallest absolute Gasteiger partial charge is 0.224 e. The third-order valence-corrected chi connectivity index (χ3v) is 9.20. The van der Waals surface area contributed by atoms with Crippen molar-refractivity contribution in [1.82, 2.24) is 10.3 Å². The number of aryl methyl sites for hydroxylation is 1. The molecule has 0 aliphatic rings. The van der Waals surface area contributed by atoms with E-state index in [2.05, 4.69) is 72.9 Å². The van der Waals surface area contributed by atoms with Gasteiger partial charge in [0.1, 0.15) is 11.4 Å². The standard InChI is InChI=1S/C44H44N2O4/c1-32-18-20-37(21-19-32)44(36-15-7-4-8-16-36,38-22-24-39(49-2)25-23-38)50-29-10-9-27-45-41(48)30-35-31-46-43-34(26-28-47)14-11-17-40(43)42(35)33-12-5-3-6-13-33/h3-8,11-25,31,47H,9-10,26-30H2,1-2H3,(H,45,48). The number of nitrogens with one attached hydrogen (secondary N) is 1. The van der Waals surface area contributed by atoms with Crippen molar-refractivity contribution >= 4 is 16.8 Å². The maximum absolute atomic E-state index is 13.3. The van der Waals surface area contributed by atoms with Gasteiger partial charge >= 0.3 is 0 Å². The minimum atomic E-state index is -0.821. The molecule has 2 N–H and O–H groups in total. The van der Waals surface area contributed by atoms with Crippen molar-refractivity contribution < 1.29 is 19.4 Å². The van der Waals surface area contributed by atoms with Crippen LogP contribution >= 0.6 is 0 Å². The minimum Gasteiger partial charge on any atom is -0.497 e. The zero-order valence-corrected chi connectivity index (χ0v) is 28.8. The summed E-state index contributed by atoms with van der Waals surface area (Å²) in [6.45, 7) is 3.17. The van der Waals surface area contributed by atoms with Crippen LogP contribution in [0.25, 0.3) is 22.0 Å². The molecule has 0 radical (unpaired) electrons. The lowest BCUT2D eigenvalue weighted by atomic mass is 9.79. The van der Waals surface area contributed by atoms with E-state index in [-0.39, 0.29) is 18.9 Å². The Morgan fingerprint density at radius 1 is 0.760 bits per heavy atom. The summed E-state index contributed by atoms with van der Waals surface area (Å²) in [6.07, 6.45) is 4.08. The molecule has 1 aromatic heterocycles. The van der Waals surface area contributed by atoms with Gasteiger partial charge in [-0.1, -0.05) is 121 Å². The predicted octanol–water partition coefficient (Wildman–Crippen LogP) is 8.20. The van der Waals surface area contributed by atoms with Crippen LogP contribution in [-0.4, -0.2) is 42.9 Å². The number of benzene rings is 5. The number of nitrogens with zero attached hydrogens (tertiary/aromatic N) is 1. The summed E-state index contributed by atoms with van der Waals surface area (Å²) in [7, 11) is 1.67. The van der Waals surface area contributed by atoms with Crippen LogP contribution < -0.4 is 10.1 Å². The summed E-state index contributed by atoms with van der Waals surface area (Å²) < 4.78 is 12.4. The highest BCUT2D eigenvalue weighted by atomic mass is 16.5. The molecule has 6 heteroatoms. The fourth-order valence-corrected chi connectivity index (χ4v) is 6.68. The maximum Gasteiger partial charge on any atom is 0.224 e. The molecule has 0 saturated heterocycles. The molecule has 254 valence electrons. The number of carbonyl (C=O) groups excluding carboxylic acids is 1. The number of pyridine rings is 1. The van der Waals surface area contributed by atoms with Crippen molar-refractivity contribution in [2.24, 2.45) is 0 Å². The maximum atomic E-state index is 13.3. The Hall–Kier alpha value is -5.30. The Morgan fingerprint density at radius 3 is 2.10 bits per heavy atom. The number of para-hydroxylation sites is 1. The van der Waals surface area contributed by atoms with E-state index in [1.165, 1.54) is 5.56 Å².